The van der Waals surface area contributed by atoms with Gasteiger partial charge in [0.25, 0.3) is 5.91 Å². The van der Waals surface area contributed by atoms with E-state index in [0.717, 1.165) is 28.3 Å². The number of pyridine rings is 1. The van der Waals surface area contributed by atoms with E-state index in [0.29, 0.717) is 17.9 Å². The van der Waals surface area contributed by atoms with Crippen molar-refractivity contribution < 1.29 is 14.4 Å². The number of amides is 3. The Bertz CT molecular complexity index is 1120. The van der Waals surface area contributed by atoms with Crippen LogP contribution in [0.4, 0.5) is 5.69 Å². The first kappa shape index (κ1) is 19.9. The van der Waals surface area contributed by atoms with Gasteiger partial charge in [-0.15, -0.1) is 0 Å². The van der Waals surface area contributed by atoms with Crippen LogP contribution >= 0.6 is 0 Å². The lowest BCUT2D eigenvalue weighted by Gasteiger charge is -2.30. The number of nitrogens with one attached hydrogen (secondary N) is 1. The lowest BCUT2D eigenvalue weighted by atomic mass is 9.80. The molecular formula is C26H29N3O3. The molecule has 3 heterocycles. The lowest BCUT2D eigenvalue weighted by Crippen LogP contribution is -2.53. The molecule has 1 saturated heterocycles. The fourth-order valence-corrected chi connectivity index (χ4v) is 6.37. The molecule has 0 radical (unpaired) electrons. The van der Waals surface area contributed by atoms with Crippen LogP contribution in [0, 0.1) is 11.8 Å². The van der Waals surface area contributed by atoms with Gasteiger partial charge >= 0.3 is 0 Å². The number of piperidine rings is 1. The number of nitrogens with zero attached hydrogens (tertiary/aromatic N) is 2. The molecule has 3 fully saturated rings. The molecule has 2 aromatic rings. The van der Waals surface area contributed by atoms with E-state index < -0.39 is 11.9 Å². The fourth-order valence-electron chi connectivity index (χ4n) is 6.37. The maximum atomic E-state index is 13.3. The van der Waals surface area contributed by atoms with Crippen molar-refractivity contribution in [3.8, 4) is 0 Å². The normalized spacial score (nSPS) is 27.8. The van der Waals surface area contributed by atoms with Gasteiger partial charge in [0.1, 0.15) is 6.04 Å². The standard InChI is InChI=1S/C26H29N3O3/c30-23-11-10-22(25(31)28-23)29-21-9-8-18(19-13-27-14-20(24(19)21)26(29)32)17-7-6-16(12-17)5-4-15-2-1-3-15/h8-9,13-17,22H,1-7,10-12H2,(H,28,30,31). The Labute approximate surface area is 187 Å². The molecule has 2 aliphatic heterocycles. The van der Waals surface area contributed by atoms with Crippen molar-refractivity contribution >= 4 is 34.2 Å². The van der Waals surface area contributed by atoms with Crippen LogP contribution in [-0.4, -0.2) is 28.7 Å². The molecule has 6 nitrogen and oxygen atoms in total. The van der Waals surface area contributed by atoms with E-state index in [-0.39, 0.29) is 18.2 Å². The number of anilines is 1. The third-order valence-electron chi connectivity index (χ3n) is 8.35. The van der Waals surface area contributed by atoms with Gasteiger partial charge in [0.2, 0.25) is 11.8 Å². The third kappa shape index (κ3) is 3.14. The van der Waals surface area contributed by atoms with Gasteiger partial charge in [-0.2, -0.15) is 0 Å². The van der Waals surface area contributed by atoms with Crippen LogP contribution in [0.25, 0.3) is 10.8 Å². The number of aromatic nitrogens is 1. The molecule has 3 atom stereocenters. The predicted octanol–water partition coefficient (Wildman–Crippen LogP) is 4.46. The average Bonchev–Trinajstić information content (AvgIpc) is 3.32. The molecule has 6 rings (SSSR count). The molecule has 1 N–H and O–H groups in total. The number of carbonyl (C=O) groups excluding carboxylic acids is 3. The van der Waals surface area contributed by atoms with Gasteiger partial charge in [-0.05, 0) is 55.1 Å². The van der Waals surface area contributed by atoms with Crippen molar-refractivity contribution in [2.45, 2.75) is 76.2 Å². The molecule has 0 bridgehead atoms. The molecule has 4 aliphatic rings. The highest BCUT2D eigenvalue weighted by Crippen LogP contribution is 2.47. The Morgan fingerprint density at radius 1 is 0.969 bits per heavy atom. The minimum absolute atomic E-state index is 0.186. The van der Waals surface area contributed by atoms with Crippen LogP contribution < -0.4 is 10.2 Å². The fraction of sp³-hybridized carbons (Fsp3) is 0.538. The van der Waals surface area contributed by atoms with Gasteiger partial charge in [-0.25, -0.2) is 0 Å². The lowest BCUT2D eigenvalue weighted by molar-refractivity contribution is -0.134. The molecule has 3 unspecified atom stereocenters. The summed E-state index contributed by atoms with van der Waals surface area (Å²) in [6.45, 7) is 0. The first-order chi connectivity index (χ1) is 15.6. The van der Waals surface area contributed by atoms with Gasteiger partial charge in [-0.3, -0.25) is 29.6 Å². The van der Waals surface area contributed by atoms with E-state index in [2.05, 4.69) is 16.4 Å². The number of hydrogen-bond donors (Lipinski definition) is 1. The Hall–Kier alpha value is -2.76. The van der Waals surface area contributed by atoms with Crippen LogP contribution in [-0.2, 0) is 9.59 Å². The molecule has 32 heavy (non-hydrogen) atoms. The Morgan fingerprint density at radius 3 is 2.59 bits per heavy atom. The first-order valence-electron chi connectivity index (χ1n) is 12.2. The van der Waals surface area contributed by atoms with Crippen molar-refractivity contribution in [1.82, 2.24) is 10.3 Å². The van der Waals surface area contributed by atoms with Crippen LogP contribution in [0.15, 0.2) is 24.5 Å². The smallest absolute Gasteiger partial charge is 0.261 e. The summed E-state index contributed by atoms with van der Waals surface area (Å²) in [4.78, 5) is 43.4. The Kier molecular flexibility index (Phi) is 4.77. The molecule has 0 spiro atoms. The summed E-state index contributed by atoms with van der Waals surface area (Å²) >= 11 is 0. The maximum Gasteiger partial charge on any atom is 0.261 e. The molecule has 2 aliphatic carbocycles. The largest absolute Gasteiger partial charge is 0.295 e. The molecular weight excluding hydrogens is 402 g/mol. The van der Waals surface area contributed by atoms with Crippen LogP contribution in [0.5, 0.6) is 0 Å². The van der Waals surface area contributed by atoms with Crippen LogP contribution in [0.3, 0.4) is 0 Å². The highest BCUT2D eigenvalue weighted by atomic mass is 16.2. The van der Waals surface area contributed by atoms with E-state index in [1.165, 1.54) is 56.9 Å². The van der Waals surface area contributed by atoms with E-state index in [1.807, 2.05) is 12.3 Å². The molecule has 2 saturated carbocycles. The second-order valence-corrected chi connectivity index (χ2v) is 10.2. The summed E-state index contributed by atoms with van der Waals surface area (Å²) in [5, 5.41) is 4.36. The average molecular weight is 432 g/mol. The number of rotatable bonds is 5. The summed E-state index contributed by atoms with van der Waals surface area (Å²) in [7, 11) is 0. The molecule has 1 aromatic heterocycles. The highest BCUT2D eigenvalue weighted by Gasteiger charge is 2.41. The van der Waals surface area contributed by atoms with Crippen molar-refractivity contribution in [1.29, 1.82) is 0 Å². The highest BCUT2D eigenvalue weighted by molar-refractivity contribution is 6.27. The minimum Gasteiger partial charge on any atom is -0.295 e. The van der Waals surface area contributed by atoms with Gasteiger partial charge in [0.15, 0.2) is 0 Å². The number of benzene rings is 1. The zero-order valence-corrected chi connectivity index (χ0v) is 18.3. The number of hydrogen-bond acceptors (Lipinski definition) is 4. The van der Waals surface area contributed by atoms with Gasteiger partial charge in [-0.1, -0.05) is 38.2 Å². The molecule has 1 aromatic carbocycles. The summed E-state index contributed by atoms with van der Waals surface area (Å²) in [5.74, 6) is 1.43. The number of imide groups is 1. The maximum absolute atomic E-state index is 13.3. The van der Waals surface area contributed by atoms with Gasteiger partial charge in [0.05, 0.1) is 11.3 Å². The summed E-state index contributed by atoms with van der Waals surface area (Å²) in [6, 6.07) is 3.51. The molecule has 6 heteroatoms. The van der Waals surface area contributed by atoms with Crippen molar-refractivity contribution in [3.05, 3.63) is 35.7 Å². The monoisotopic (exact) mass is 431 g/mol. The SMILES string of the molecule is O=C1CCC(N2C(=O)c3cncc4c(C5CCC(CCC6CCC6)C5)ccc2c34)C(=O)N1. The van der Waals surface area contributed by atoms with Crippen molar-refractivity contribution in [2.24, 2.45) is 11.8 Å². The molecule has 166 valence electrons. The van der Waals surface area contributed by atoms with E-state index in [1.54, 1.807) is 11.1 Å². The summed E-state index contributed by atoms with van der Waals surface area (Å²) in [6.07, 6.45) is 14.8. The first-order valence-corrected chi connectivity index (χ1v) is 12.2. The predicted molar refractivity (Wildman–Crippen MR) is 121 cm³/mol. The van der Waals surface area contributed by atoms with Gasteiger partial charge in [0, 0.05) is 29.6 Å². The number of carbonyl (C=O) groups is 3. The second kappa shape index (κ2) is 7.68. The zero-order valence-electron chi connectivity index (χ0n) is 18.3. The van der Waals surface area contributed by atoms with E-state index in [4.69, 9.17) is 0 Å². The second-order valence-electron chi connectivity index (χ2n) is 10.2. The topological polar surface area (TPSA) is 79.4 Å². The quantitative estimate of drug-likeness (QED) is 0.709. The summed E-state index contributed by atoms with van der Waals surface area (Å²) < 4.78 is 0. The van der Waals surface area contributed by atoms with Crippen LogP contribution in [0.2, 0.25) is 0 Å². The van der Waals surface area contributed by atoms with Crippen molar-refractivity contribution in [2.75, 3.05) is 4.90 Å². The van der Waals surface area contributed by atoms with E-state index >= 15 is 0 Å². The molecule has 3 amide bonds. The third-order valence-corrected chi connectivity index (χ3v) is 8.35. The minimum atomic E-state index is -0.649. The Morgan fingerprint density at radius 2 is 1.81 bits per heavy atom. The van der Waals surface area contributed by atoms with Gasteiger partial charge < -0.3 is 0 Å². The van der Waals surface area contributed by atoms with E-state index in [9.17, 15) is 14.4 Å². The Balaban J connectivity index is 1.29. The van der Waals surface area contributed by atoms with Crippen molar-refractivity contribution in [3.63, 3.8) is 0 Å². The zero-order chi connectivity index (χ0) is 21.8. The summed E-state index contributed by atoms with van der Waals surface area (Å²) in [5.41, 5.74) is 2.64. The van der Waals surface area contributed by atoms with Crippen LogP contribution in [0.1, 0.15) is 86.0 Å².